The van der Waals surface area contributed by atoms with Gasteiger partial charge < -0.3 is 9.72 Å². The predicted octanol–water partition coefficient (Wildman–Crippen LogP) is 3.25. The summed E-state index contributed by atoms with van der Waals surface area (Å²) < 4.78 is 20.3. The van der Waals surface area contributed by atoms with Gasteiger partial charge in [-0.3, -0.25) is 9.88 Å². The smallest absolute Gasteiger partial charge is 0.177 e. The van der Waals surface area contributed by atoms with Gasteiger partial charge in [-0.2, -0.15) is 0 Å². The van der Waals surface area contributed by atoms with Gasteiger partial charge in [0, 0.05) is 31.2 Å². The fourth-order valence-corrected chi connectivity index (χ4v) is 3.67. The molecule has 0 amide bonds. The fourth-order valence-electron chi connectivity index (χ4n) is 3.67. The van der Waals surface area contributed by atoms with E-state index >= 15 is 0 Å². The molecule has 3 aromatic heterocycles. The molecule has 1 N–H and O–H groups in total. The lowest BCUT2D eigenvalue weighted by molar-refractivity contribution is 0.00861. The summed E-state index contributed by atoms with van der Waals surface area (Å²) in [6, 6.07) is 15.8. The van der Waals surface area contributed by atoms with Crippen molar-refractivity contribution in [2.75, 3.05) is 13.1 Å². The number of ether oxygens (including phenoxy) is 1. The van der Waals surface area contributed by atoms with Crippen LogP contribution < -0.4 is 0 Å². The maximum Gasteiger partial charge on any atom is 0.177 e. The molecule has 6 nitrogen and oxygen atoms in total. The summed E-state index contributed by atoms with van der Waals surface area (Å²) in [4.78, 5) is 18.5. The van der Waals surface area contributed by atoms with Gasteiger partial charge >= 0.3 is 0 Å². The summed E-state index contributed by atoms with van der Waals surface area (Å²) in [5.41, 5.74) is 3.40. The number of para-hydroxylation sites is 1. The van der Waals surface area contributed by atoms with E-state index in [9.17, 15) is 4.39 Å². The first-order valence-corrected chi connectivity index (χ1v) is 9.37. The highest BCUT2D eigenvalue weighted by molar-refractivity contribution is 5.78. The van der Waals surface area contributed by atoms with E-state index in [1.807, 2.05) is 47.4 Å². The van der Waals surface area contributed by atoms with E-state index in [-0.39, 0.29) is 6.61 Å². The van der Waals surface area contributed by atoms with E-state index in [2.05, 4.69) is 26.0 Å². The van der Waals surface area contributed by atoms with Gasteiger partial charge in [-0.1, -0.05) is 24.3 Å². The lowest BCUT2D eigenvalue weighted by Crippen LogP contribution is -2.24. The van der Waals surface area contributed by atoms with Crippen LogP contribution in [0.3, 0.4) is 0 Å². The number of aromatic nitrogens is 4. The van der Waals surface area contributed by atoms with Crippen molar-refractivity contribution in [2.45, 2.75) is 25.4 Å². The molecule has 2 atom stereocenters. The van der Waals surface area contributed by atoms with Gasteiger partial charge in [0.2, 0.25) is 0 Å². The van der Waals surface area contributed by atoms with Crippen LogP contribution in [-0.2, 0) is 17.9 Å². The summed E-state index contributed by atoms with van der Waals surface area (Å²) in [5, 5.41) is 1.11. The summed E-state index contributed by atoms with van der Waals surface area (Å²) in [6.45, 7) is 1.73. The standard InChI is InChI=1S/C21H20FN5O/c22-16-11-27(10-15-8-7-14-4-1-2-5-17(14)24-15)12-19(16)28-13-20-25-18-6-3-9-23-21(18)26-20/h1-9,16,19H,10-13H2,(H,23,25,26)/t16-,19+/m1/s1. The number of hydrogen-bond acceptors (Lipinski definition) is 5. The van der Waals surface area contributed by atoms with Crippen LogP contribution in [0.2, 0.25) is 0 Å². The summed E-state index contributed by atoms with van der Waals surface area (Å²) in [6.07, 6.45) is 0.200. The van der Waals surface area contributed by atoms with Gasteiger partial charge in [-0.25, -0.2) is 14.4 Å². The van der Waals surface area contributed by atoms with Gasteiger partial charge in [0.25, 0.3) is 0 Å². The topological polar surface area (TPSA) is 66.9 Å². The minimum Gasteiger partial charge on any atom is -0.366 e. The van der Waals surface area contributed by atoms with E-state index in [0.717, 1.165) is 22.1 Å². The highest BCUT2D eigenvalue weighted by atomic mass is 19.1. The molecule has 1 aromatic carbocycles. The van der Waals surface area contributed by atoms with Crippen LogP contribution in [0.15, 0.2) is 54.7 Å². The number of halogens is 1. The lowest BCUT2D eigenvalue weighted by atomic mass is 10.2. The Kier molecular flexibility index (Phi) is 4.46. The second-order valence-electron chi connectivity index (χ2n) is 7.11. The Balaban J connectivity index is 1.21. The van der Waals surface area contributed by atoms with Crippen molar-refractivity contribution in [3.05, 3.63) is 66.2 Å². The van der Waals surface area contributed by atoms with E-state index in [1.54, 1.807) is 6.20 Å². The molecule has 0 radical (unpaired) electrons. The molecular weight excluding hydrogens is 357 g/mol. The maximum atomic E-state index is 14.5. The Bertz CT molecular complexity index is 1080. The Morgan fingerprint density at radius 1 is 1.07 bits per heavy atom. The van der Waals surface area contributed by atoms with Gasteiger partial charge in [0.05, 0.1) is 16.7 Å². The van der Waals surface area contributed by atoms with E-state index in [4.69, 9.17) is 4.74 Å². The molecule has 0 aliphatic carbocycles. The van der Waals surface area contributed by atoms with Crippen LogP contribution in [-0.4, -0.2) is 50.2 Å². The molecule has 4 aromatic rings. The number of likely N-dealkylation sites (tertiary alicyclic amines) is 1. The van der Waals surface area contributed by atoms with E-state index < -0.39 is 12.3 Å². The zero-order valence-corrected chi connectivity index (χ0v) is 15.3. The minimum atomic E-state index is -1.03. The molecule has 28 heavy (non-hydrogen) atoms. The highest BCUT2D eigenvalue weighted by Gasteiger charge is 2.34. The third kappa shape index (κ3) is 3.46. The molecule has 0 spiro atoms. The van der Waals surface area contributed by atoms with Crippen molar-refractivity contribution in [3.63, 3.8) is 0 Å². The molecule has 1 aliphatic heterocycles. The molecule has 1 aliphatic rings. The fraction of sp³-hybridized carbons (Fsp3) is 0.286. The molecule has 0 saturated carbocycles. The van der Waals surface area contributed by atoms with Crippen molar-refractivity contribution < 1.29 is 9.13 Å². The van der Waals surface area contributed by atoms with Crippen molar-refractivity contribution in [1.82, 2.24) is 24.8 Å². The van der Waals surface area contributed by atoms with Crippen molar-refractivity contribution in [3.8, 4) is 0 Å². The van der Waals surface area contributed by atoms with Crippen molar-refractivity contribution in [1.29, 1.82) is 0 Å². The van der Waals surface area contributed by atoms with Crippen molar-refractivity contribution in [2.24, 2.45) is 0 Å². The Labute approximate surface area is 161 Å². The number of nitrogens with zero attached hydrogens (tertiary/aromatic N) is 4. The van der Waals surface area contributed by atoms with Crippen LogP contribution in [0.25, 0.3) is 22.1 Å². The Morgan fingerprint density at radius 2 is 2.00 bits per heavy atom. The van der Waals surface area contributed by atoms with E-state index in [0.29, 0.717) is 31.1 Å². The zero-order valence-electron chi connectivity index (χ0n) is 15.3. The molecule has 1 saturated heterocycles. The molecule has 5 rings (SSSR count). The van der Waals surface area contributed by atoms with Crippen LogP contribution in [0.4, 0.5) is 4.39 Å². The molecule has 4 heterocycles. The van der Waals surface area contributed by atoms with E-state index in [1.165, 1.54) is 0 Å². The first kappa shape index (κ1) is 17.2. The van der Waals surface area contributed by atoms with Crippen molar-refractivity contribution >= 4 is 22.1 Å². The SMILES string of the molecule is F[C@@H]1CN(Cc2ccc3ccccc3n2)C[C@@H]1OCc1nc2ncccc2[nH]1. The first-order valence-electron chi connectivity index (χ1n) is 9.37. The summed E-state index contributed by atoms with van der Waals surface area (Å²) in [5.74, 6) is 0.663. The zero-order chi connectivity index (χ0) is 18.9. The number of nitrogens with one attached hydrogen (secondary N) is 1. The number of rotatable bonds is 5. The number of pyridine rings is 2. The third-order valence-corrected chi connectivity index (χ3v) is 5.06. The van der Waals surface area contributed by atoms with Gasteiger partial charge in [0.1, 0.15) is 24.7 Å². The number of imidazole rings is 1. The molecular formula is C21H20FN5O. The predicted molar refractivity (Wildman–Crippen MR) is 104 cm³/mol. The Morgan fingerprint density at radius 3 is 2.93 bits per heavy atom. The number of hydrogen-bond donors (Lipinski definition) is 1. The second kappa shape index (κ2) is 7.26. The normalized spacial score (nSPS) is 20.3. The summed E-state index contributed by atoms with van der Waals surface area (Å²) in [7, 11) is 0. The Hall–Kier alpha value is -2.90. The average molecular weight is 377 g/mol. The number of fused-ring (bicyclic) bond motifs is 2. The minimum absolute atomic E-state index is 0.240. The number of aromatic amines is 1. The van der Waals surface area contributed by atoms with Crippen LogP contribution in [0.5, 0.6) is 0 Å². The van der Waals surface area contributed by atoms with Gasteiger partial charge in [-0.05, 0) is 24.3 Å². The quantitative estimate of drug-likeness (QED) is 0.578. The van der Waals surface area contributed by atoms with Crippen LogP contribution >= 0.6 is 0 Å². The largest absolute Gasteiger partial charge is 0.366 e. The number of benzene rings is 1. The van der Waals surface area contributed by atoms with Gasteiger partial charge in [-0.15, -0.1) is 0 Å². The average Bonchev–Trinajstić information content (AvgIpc) is 3.28. The summed E-state index contributed by atoms with van der Waals surface area (Å²) >= 11 is 0. The molecule has 0 bridgehead atoms. The van der Waals surface area contributed by atoms with Gasteiger partial charge in [0.15, 0.2) is 5.65 Å². The maximum absolute atomic E-state index is 14.5. The molecule has 0 unspecified atom stereocenters. The highest BCUT2D eigenvalue weighted by Crippen LogP contribution is 2.21. The molecule has 7 heteroatoms. The molecule has 142 valence electrons. The molecule has 1 fully saturated rings. The lowest BCUT2D eigenvalue weighted by Gasteiger charge is -2.15. The van der Waals surface area contributed by atoms with Crippen LogP contribution in [0, 0.1) is 0 Å². The number of H-pyrrole nitrogens is 1. The third-order valence-electron chi connectivity index (χ3n) is 5.06. The number of alkyl halides is 1. The monoisotopic (exact) mass is 377 g/mol. The van der Waals surface area contributed by atoms with Crippen LogP contribution in [0.1, 0.15) is 11.5 Å². The second-order valence-corrected chi connectivity index (χ2v) is 7.11. The first-order chi connectivity index (χ1) is 13.7.